The van der Waals surface area contributed by atoms with Crippen LogP contribution in [0.25, 0.3) is 0 Å². The first-order valence-electron chi connectivity index (χ1n) is 5.37. The van der Waals surface area contributed by atoms with Crippen LogP contribution in [0.3, 0.4) is 0 Å². The summed E-state index contributed by atoms with van der Waals surface area (Å²) in [5, 5.41) is 13.5. The van der Waals surface area contributed by atoms with Gasteiger partial charge in [0, 0.05) is 25.5 Å². The molecule has 1 aromatic rings. The van der Waals surface area contributed by atoms with E-state index in [9.17, 15) is 5.11 Å². The van der Waals surface area contributed by atoms with Crippen molar-refractivity contribution in [3.8, 4) is 0 Å². The van der Waals surface area contributed by atoms with Crippen molar-refractivity contribution in [1.29, 1.82) is 0 Å². The molecule has 0 aliphatic carbocycles. The van der Waals surface area contributed by atoms with Gasteiger partial charge in [0.2, 0.25) is 0 Å². The van der Waals surface area contributed by atoms with Gasteiger partial charge < -0.3 is 15.0 Å². The number of aromatic nitrogens is 2. The predicted molar refractivity (Wildman–Crippen MR) is 60.5 cm³/mol. The maximum atomic E-state index is 10.2. The van der Waals surface area contributed by atoms with Crippen LogP contribution in [0.2, 0.25) is 0 Å². The minimum absolute atomic E-state index is 0.446. The minimum atomic E-state index is -0.861. The molecule has 1 atom stereocenters. The minimum Gasteiger partial charge on any atom is -0.382 e. The molecule has 0 aliphatic rings. The van der Waals surface area contributed by atoms with Crippen LogP contribution in [0.4, 0.5) is 0 Å². The van der Waals surface area contributed by atoms with Gasteiger partial charge in [-0.15, -0.1) is 0 Å². The third-order valence-corrected chi connectivity index (χ3v) is 2.47. The Kier molecular flexibility index (Phi) is 3.88. The van der Waals surface area contributed by atoms with Gasteiger partial charge in [-0.3, -0.25) is 0 Å². The number of imidazole rings is 1. The van der Waals surface area contributed by atoms with E-state index in [-0.39, 0.29) is 0 Å². The van der Waals surface area contributed by atoms with Gasteiger partial charge in [-0.2, -0.15) is 0 Å². The Hall–Kier alpha value is -0.870. The molecule has 1 heterocycles. The largest absolute Gasteiger partial charge is 0.382 e. The van der Waals surface area contributed by atoms with Gasteiger partial charge in [0.25, 0.3) is 0 Å². The normalized spacial score (nSPS) is 15.6. The first-order valence-corrected chi connectivity index (χ1v) is 5.37. The molecule has 0 radical (unpaired) electrons. The molecule has 0 saturated carbocycles. The van der Waals surface area contributed by atoms with Crippen LogP contribution in [0.5, 0.6) is 0 Å². The van der Waals surface area contributed by atoms with Gasteiger partial charge >= 0.3 is 0 Å². The second-order valence-corrected chi connectivity index (χ2v) is 4.49. The molecule has 0 amide bonds. The maximum absolute atomic E-state index is 10.2. The fraction of sp³-hybridized carbons (Fsp3) is 0.727. The van der Waals surface area contributed by atoms with Gasteiger partial charge in [-0.1, -0.05) is 13.8 Å². The molecule has 0 fully saturated rings. The van der Waals surface area contributed by atoms with Crippen molar-refractivity contribution >= 4 is 0 Å². The third-order valence-electron chi connectivity index (χ3n) is 2.47. The quantitative estimate of drug-likeness (QED) is 0.764. The molecule has 15 heavy (non-hydrogen) atoms. The summed E-state index contributed by atoms with van der Waals surface area (Å²) >= 11 is 0. The summed E-state index contributed by atoms with van der Waals surface area (Å²) in [5.41, 5.74) is -0.861. The summed E-state index contributed by atoms with van der Waals surface area (Å²) in [4.78, 5) is 4.17. The molecule has 1 unspecified atom stereocenters. The van der Waals surface area contributed by atoms with Crippen molar-refractivity contribution in [2.75, 3.05) is 6.54 Å². The molecule has 0 aliphatic heterocycles. The van der Waals surface area contributed by atoms with Crippen LogP contribution in [0.1, 0.15) is 33.0 Å². The SMILES string of the molecule is CC(C)NCCC(C)(O)c1nccn1C. The van der Waals surface area contributed by atoms with Crippen LogP contribution < -0.4 is 5.32 Å². The van der Waals surface area contributed by atoms with Crippen molar-refractivity contribution < 1.29 is 5.11 Å². The zero-order valence-corrected chi connectivity index (χ0v) is 9.99. The smallest absolute Gasteiger partial charge is 0.140 e. The van der Waals surface area contributed by atoms with Crippen molar-refractivity contribution in [1.82, 2.24) is 14.9 Å². The predicted octanol–water partition coefficient (Wildman–Crippen LogP) is 1.02. The number of aliphatic hydroxyl groups is 1. The first-order chi connectivity index (χ1) is 6.93. The van der Waals surface area contributed by atoms with E-state index < -0.39 is 5.60 Å². The molecule has 0 aromatic carbocycles. The average Bonchev–Trinajstić information content (AvgIpc) is 2.50. The Morgan fingerprint density at radius 1 is 1.60 bits per heavy atom. The topological polar surface area (TPSA) is 50.1 Å². The van der Waals surface area contributed by atoms with E-state index in [0.29, 0.717) is 18.3 Å². The molecule has 4 heteroatoms. The number of rotatable bonds is 5. The van der Waals surface area contributed by atoms with Gasteiger partial charge in [-0.05, 0) is 19.9 Å². The average molecular weight is 211 g/mol. The second-order valence-electron chi connectivity index (χ2n) is 4.49. The van der Waals surface area contributed by atoms with Gasteiger partial charge in [0.05, 0.1) is 0 Å². The molecule has 4 nitrogen and oxygen atoms in total. The van der Waals surface area contributed by atoms with Gasteiger partial charge in [0.1, 0.15) is 11.4 Å². The lowest BCUT2D eigenvalue weighted by Gasteiger charge is -2.23. The molecule has 0 saturated heterocycles. The maximum Gasteiger partial charge on any atom is 0.140 e. The summed E-state index contributed by atoms with van der Waals surface area (Å²) in [6.07, 6.45) is 4.22. The molecule has 0 spiro atoms. The number of nitrogens with one attached hydrogen (secondary N) is 1. The fourth-order valence-corrected chi connectivity index (χ4v) is 1.60. The molecule has 1 rings (SSSR count). The van der Waals surface area contributed by atoms with Gasteiger partial charge in [0.15, 0.2) is 0 Å². The van der Waals surface area contributed by atoms with E-state index in [1.54, 1.807) is 13.1 Å². The first kappa shape index (κ1) is 12.2. The number of hydrogen-bond donors (Lipinski definition) is 2. The highest BCUT2D eigenvalue weighted by molar-refractivity contribution is 5.02. The molecular formula is C11H21N3O. The Bertz CT molecular complexity index is 305. The summed E-state index contributed by atoms with van der Waals surface area (Å²) in [6.45, 7) is 6.78. The van der Waals surface area contributed by atoms with Crippen LogP contribution in [0.15, 0.2) is 12.4 Å². The number of hydrogen-bond acceptors (Lipinski definition) is 3. The molecule has 86 valence electrons. The van der Waals surface area contributed by atoms with E-state index in [4.69, 9.17) is 0 Å². The van der Waals surface area contributed by atoms with Crippen LogP contribution in [0, 0.1) is 0 Å². The van der Waals surface area contributed by atoms with Crippen molar-refractivity contribution in [2.45, 2.75) is 38.8 Å². The number of aryl methyl sites for hydroxylation is 1. The van der Waals surface area contributed by atoms with E-state index in [1.807, 2.05) is 17.8 Å². The Balaban J connectivity index is 2.56. The molecule has 2 N–H and O–H groups in total. The van der Waals surface area contributed by atoms with E-state index in [1.165, 1.54) is 0 Å². The third kappa shape index (κ3) is 3.32. The zero-order valence-electron chi connectivity index (χ0n) is 9.99. The van der Waals surface area contributed by atoms with Crippen LogP contribution >= 0.6 is 0 Å². The van der Waals surface area contributed by atoms with Crippen LogP contribution in [-0.2, 0) is 12.6 Å². The van der Waals surface area contributed by atoms with Crippen molar-refractivity contribution in [2.24, 2.45) is 7.05 Å². The molecular weight excluding hydrogens is 190 g/mol. The standard InChI is InChI=1S/C11H21N3O/c1-9(2)12-6-5-11(3,15)10-13-7-8-14(10)4/h7-9,12,15H,5-6H2,1-4H3. The Labute approximate surface area is 91.3 Å². The summed E-state index contributed by atoms with van der Waals surface area (Å²) in [6, 6.07) is 0.446. The Morgan fingerprint density at radius 3 is 2.73 bits per heavy atom. The lowest BCUT2D eigenvalue weighted by atomic mass is 10.0. The fourth-order valence-electron chi connectivity index (χ4n) is 1.60. The van der Waals surface area contributed by atoms with E-state index in [0.717, 1.165) is 6.54 Å². The molecule has 0 bridgehead atoms. The van der Waals surface area contributed by atoms with Crippen molar-refractivity contribution in [3.05, 3.63) is 18.2 Å². The summed E-state index contributed by atoms with van der Waals surface area (Å²) < 4.78 is 1.86. The summed E-state index contributed by atoms with van der Waals surface area (Å²) in [5.74, 6) is 0.716. The number of nitrogens with zero attached hydrogens (tertiary/aromatic N) is 2. The van der Waals surface area contributed by atoms with Crippen molar-refractivity contribution in [3.63, 3.8) is 0 Å². The highest BCUT2D eigenvalue weighted by Gasteiger charge is 2.26. The lowest BCUT2D eigenvalue weighted by molar-refractivity contribution is 0.0356. The van der Waals surface area contributed by atoms with E-state index >= 15 is 0 Å². The summed E-state index contributed by atoms with van der Waals surface area (Å²) in [7, 11) is 1.90. The highest BCUT2D eigenvalue weighted by Crippen LogP contribution is 2.21. The highest BCUT2D eigenvalue weighted by atomic mass is 16.3. The van der Waals surface area contributed by atoms with Gasteiger partial charge in [-0.25, -0.2) is 4.98 Å². The van der Waals surface area contributed by atoms with E-state index in [2.05, 4.69) is 24.1 Å². The molecule has 1 aromatic heterocycles. The second kappa shape index (κ2) is 4.77. The van der Waals surface area contributed by atoms with Crippen LogP contribution in [-0.4, -0.2) is 27.2 Å². The Morgan fingerprint density at radius 2 is 2.27 bits per heavy atom. The monoisotopic (exact) mass is 211 g/mol. The zero-order chi connectivity index (χ0) is 11.5. The lowest BCUT2D eigenvalue weighted by Crippen LogP contribution is -2.32.